The van der Waals surface area contributed by atoms with Gasteiger partial charge in [0.05, 0.1) is 10.2 Å². The third-order valence-corrected chi connectivity index (χ3v) is 5.14. The van der Waals surface area contributed by atoms with E-state index in [4.69, 9.17) is 16.3 Å². The number of thiazole rings is 1. The number of hydrogen-bond acceptors (Lipinski definition) is 3. The van der Waals surface area contributed by atoms with Crippen LogP contribution in [0.1, 0.15) is 0 Å². The monoisotopic (exact) mass is 436 g/mol. The lowest BCUT2D eigenvalue weighted by atomic mass is 10.3. The smallest absolute Gasteiger partial charge is 0.286 e. The molecular weight excluding hydrogens is 424 g/mol. The van der Waals surface area contributed by atoms with E-state index in [2.05, 4.69) is 27.5 Å². The van der Waals surface area contributed by atoms with Crippen LogP contribution in [0.25, 0.3) is 10.2 Å². The van der Waals surface area contributed by atoms with Gasteiger partial charge in [-0.25, -0.2) is 0 Å². The van der Waals surface area contributed by atoms with E-state index < -0.39 is 0 Å². The zero-order valence-corrected chi connectivity index (χ0v) is 16.3. The zero-order valence-electron chi connectivity index (χ0n) is 13.1. The van der Waals surface area contributed by atoms with Crippen molar-refractivity contribution >= 4 is 55.0 Å². The lowest BCUT2D eigenvalue weighted by Gasteiger charge is -2.03. The predicted molar refractivity (Wildman–Crippen MR) is 105 cm³/mol. The minimum absolute atomic E-state index is 0.131. The maximum Gasteiger partial charge on any atom is 0.286 e. The molecule has 0 aliphatic rings. The average Bonchev–Trinajstić information content (AvgIpc) is 2.91. The number of nitrogens with zero attached hydrogens (tertiary/aromatic N) is 2. The Hall–Kier alpha value is -1.89. The van der Waals surface area contributed by atoms with Crippen molar-refractivity contribution in [1.29, 1.82) is 0 Å². The summed E-state index contributed by atoms with van der Waals surface area (Å²) < 4.78 is 9.44. The minimum Gasteiger partial charge on any atom is -0.484 e. The number of hydrogen-bond donors (Lipinski definition) is 0. The predicted octanol–water partition coefficient (Wildman–Crippen LogP) is 4.81. The fourth-order valence-corrected chi connectivity index (χ4v) is 3.99. The van der Waals surface area contributed by atoms with Crippen molar-refractivity contribution in [1.82, 2.24) is 4.57 Å². The van der Waals surface area contributed by atoms with Crippen LogP contribution in [0, 0.1) is 0 Å². The van der Waals surface area contributed by atoms with Crippen molar-refractivity contribution in [2.24, 2.45) is 4.99 Å². The Balaban J connectivity index is 1.86. The normalized spacial score (nSPS) is 11.7. The number of aromatic nitrogens is 1. The molecule has 7 heteroatoms. The van der Waals surface area contributed by atoms with E-state index in [0.717, 1.165) is 14.7 Å². The topological polar surface area (TPSA) is 43.6 Å². The molecule has 128 valence electrons. The van der Waals surface area contributed by atoms with Gasteiger partial charge in [-0.2, -0.15) is 4.99 Å². The van der Waals surface area contributed by atoms with E-state index in [1.54, 1.807) is 30.3 Å². The van der Waals surface area contributed by atoms with Crippen LogP contribution in [0.3, 0.4) is 0 Å². The fraction of sp³-hybridized carbons (Fsp3) is 0.111. The maximum absolute atomic E-state index is 12.2. The molecule has 25 heavy (non-hydrogen) atoms. The van der Waals surface area contributed by atoms with E-state index in [-0.39, 0.29) is 12.5 Å². The van der Waals surface area contributed by atoms with Crippen molar-refractivity contribution < 1.29 is 9.53 Å². The number of benzene rings is 2. The highest BCUT2D eigenvalue weighted by Gasteiger charge is 2.08. The van der Waals surface area contributed by atoms with Gasteiger partial charge in [0.1, 0.15) is 5.75 Å². The number of allylic oxidation sites excluding steroid dienone is 1. The second-order valence-corrected chi connectivity index (χ2v) is 7.51. The van der Waals surface area contributed by atoms with E-state index >= 15 is 0 Å². The van der Waals surface area contributed by atoms with Crippen molar-refractivity contribution in [2.75, 3.05) is 6.61 Å². The van der Waals surface area contributed by atoms with Gasteiger partial charge in [-0.3, -0.25) is 4.79 Å². The molecule has 0 saturated carbocycles. The van der Waals surface area contributed by atoms with E-state index in [1.165, 1.54) is 11.3 Å². The molecule has 0 aliphatic carbocycles. The quantitative estimate of drug-likeness (QED) is 0.538. The summed E-state index contributed by atoms with van der Waals surface area (Å²) in [5.74, 6) is 0.227. The van der Waals surface area contributed by atoms with Crippen molar-refractivity contribution in [3.63, 3.8) is 0 Å². The first-order chi connectivity index (χ1) is 12.1. The Kier molecular flexibility index (Phi) is 5.73. The molecule has 1 aromatic heterocycles. The van der Waals surface area contributed by atoms with E-state index in [1.807, 2.05) is 22.8 Å². The average molecular weight is 438 g/mol. The van der Waals surface area contributed by atoms with Crippen molar-refractivity contribution in [3.8, 4) is 5.75 Å². The molecular formula is C18H14BrClN2O2S. The Morgan fingerprint density at radius 2 is 2.08 bits per heavy atom. The summed E-state index contributed by atoms with van der Waals surface area (Å²) in [5, 5.41) is 0.616. The molecule has 1 amide bonds. The van der Waals surface area contributed by atoms with Gasteiger partial charge in [-0.05, 0) is 42.5 Å². The van der Waals surface area contributed by atoms with Crippen LogP contribution in [-0.4, -0.2) is 17.1 Å². The Bertz CT molecular complexity index is 992. The van der Waals surface area contributed by atoms with Crippen molar-refractivity contribution in [2.45, 2.75) is 6.54 Å². The molecule has 0 radical (unpaired) electrons. The first kappa shape index (κ1) is 17.9. The van der Waals surface area contributed by atoms with Gasteiger partial charge < -0.3 is 9.30 Å². The van der Waals surface area contributed by atoms with E-state index in [9.17, 15) is 4.79 Å². The van der Waals surface area contributed by atoms with Crippen LogP contribution in [-0.2, 0) is 11.3 Å². The number of carbonyl (C=O) groups excluding carboxylic acids is 1. The van der Waals surface area contributed by atoms with Crippen LogP contribution in [0.5, 0.6) is 5.75 Å². The zero-order chi connectivity index (χ0) is 17.8. The minimum atomic E-state index is -0.349. The molecule has 0 bridgehead atoms. The molecule has 0 atom stereocenters. The molecule has 3 rings (SSSR count). The van der Waals surface area contributed by atoms with E-state index in [0.29, 0.717) is 22.1 Å². The van der Waals surface area contributed by atoms with Crippen molar-refractivity contribution in [3.05, 3.63) is 69.4 Å². The summed E-state index contributed by atoms with van der Waals surface area (Å²) >= 11 is 10.7. The first-order valence-corrected chi connectivity index (χ1v) is 9.41. The summed E-state index contributed by atoms with van der Waals surface area (Å²) in [6, 6.07) is 12.8. The largest absolute Gasteiger partial charge is 0.484 e. The molecule has 0 fully saturated rings. The summed E-state index contributed by atoms with van der Waals surface area (Å²) in [7, 11) is 0. The number of carbonyl (C=O) groups is 1. The number of rotatable bonds is 5. The Labute approximate surface area is 162 Å². The van der Waals surface area contributed by atoms with Gasteiger partial charge in [-0.15, -0.1) is 6.58 Å². The van der Waals surface area contributed by atoms with Crippen LogP contribution >= 0.6 is 38.9 Å². The highest BCUT2D eigenvalue weighted by atomic mass is 79.9. The lowest BCUT2D eigenvalue weighted by molar-refractivity contribution is -0.120. The van der Waals surface area contributed by atoms with Gasteiger partial charge in [0.15, 0.2) is 11.4 Å². The highest BCUT2D eigenvalue weighted by Crippen LogP contribution is 2.22. The maximum atomic E-state index is 12.2. The summed E-state index contributed by atoms with van der Waals surface area (Å²) in [6.07, 6.45) is 1.78. The summed E-state index contributed by atoms with van der Waals surface area (Å²) in [6.45, 7) is 4.22. The number of ether oxygens (including phenoxy) is 1. The third kappa shape index (κ3) is 4.39. The molecule has 0 N–H and O–H groups in total. The summed E-state index contributed by atoms with van der Waals surface area (Å²) in [4.78, 5) is 17.0. The Morgan fingerprint density at radius 1 is 1.32 bits per heavy atom. The van der Waals surface area contributed by atoms with Gasteiger partial charge in [0.25, 0.3) is 5.91 Å². The van der Waals surface area contributed by atoms with Gasteiger partial charge in [0, 0.05) is 16.0 Å². The standard InChI is InChI=1S/C18H14BrClN2O2S/c1-2-9-22-15-8-3-12(19)10-16(15)25-18(22)21-17(23)11-24-14-6-4-13(20)5-7-14/h2-8,10H,1,9,11H2. The van der Waals surface area contributed by atoms with Gasteiger partial charge in [-0.1, -0.05) is 44.9 Å². The Morgan fingerprint density at radius 3 is 2.80 bits per heavy atom. The fourth-order valence-electron chi connectivity index (χ4n) is 2.25. The third-order valence-electron chi connectivity index (χ3n) is 3.35. The SMILES string of the molecule is C=CCn1c(=NC(=O)COc2ccc(Cl)cc2)sc2cc(Br)ccc21. The van der Waals surface area contributed by atoms with Gasteiger partial charge >= 0.3 is 0 Å². The van der Waals surface area contributed by atoms with Crippen LogP contribution < -0.4 is 9.54 Å². The molecule has 0 aliphatic heterocycles. The molecule has 4 nitrogen and oxygen atoms in total. The second-order valence-electron chi connectivity index (χ2n) is 5.14. The number of amides is 1. The van der Waals surface area contributed by atoms with Crippen LogP contribution in [0.15, 0.2) is 64.6 Å². The number of halogens is 2. The lowest BCUT2D eigenvalue weighted by Crippen LogP contribution is -2.19. The van der Waals surface area contributed by atoms with Gasteiger partial charge in [0.2, 0.25) is 0 Å². The summed E-state index contributed by atoms with van der Waals surface area (Å²) in [5.41, 5.74) is 1.01. The molecule has 0 unspecified atom stereocenters. The molecule has 2 aromatic carbocycles. The van der Waals surface area contributed by atoms with Crippen LogP contribution in [0.4, 0.5) is 0 Å². The first-order valence-electron chi connectivity index (χ1n) is 7.42. The molecule has 0 saturated heterocycles. The molecule has 0 spiro atoms. The molecule has 1 heterocycles. The van der Waals surface area contributed by atoms with Crippen LogP contribution in [0.2, 0.25) is 5.02 Å². The second kappa shape index (κ2) is 7.99. The highest BCUT2D eigenvalue weighted by molar-refractivity contribution is 9.10. The number of fused-ring (bicyclic) bond motifs is 1. The molecule has 3 aromatic rings.